The monoisotopic (exact) mass is 279 g/mol. The summed E-state index contributed by atoms with van der Waals surface area (Å²) in [4.78, 5) is 24.3. The summed E-state index contributed by atoms with van der Waals surface area (Å²) in [6.45, 7) is 5.25. The number of carboxylic acid groups (broad SMARTS) is 1. The summed E-state index contributed by atoms with van der Waals surface area (Å²) in [7, 11) is 0. The molecule has 0 aliphatic carbocycles. The summed E-state index contributed by atoms with van der Waals surface area (Å²) >= 11 is 0. The molecule has 0 aliphatic rings. The Balaban J connectivity index is 2.88. The Bertz CT molecular complexity index is 495. The molecule has 1 aromatic carbocycles. The summed E-state index contributed by atoms with van der Waals surface area (Å²) in [5.41, 5.74) is 6.45. The normalized spacial score (nSPS) is 10.9. The van der Waals surface area contributed by atoms with Gasteiger partial charge in [0.1, 0.15) is 6.54 Å². The van der Waals surface area contributed by atoms with Gasteiger partial charge in [-0.15, -0.1) is 0 Å². The minimum absolute atomic E-state index is 0.0578. The zero-order chi connectivity index (χ0) is 15.3. The molecule has 20 heavy (non-hydrogen) atoms. The van der Waals surface area contributed by atoms with E-state index in [1.54, 1.807) is 24.3 Å². The van der Waals surface area contributed by atoms with Gasteiger partial charge in [0.15, 0.2) is 0 Å². The van der Waals surface area contributed by atoms with E-state index in [9.17, 15) is 9.59 Å². The first-order chi connectivity index (χ1) is 9.19. The van der Waals surface area contributed by atoms with Crippen LogP contribution in [-0.2, 0) is 9.59 Å². The Labute approximate surface area is 118 Å². The van der Waals surface area contributed by atoms with E-state index in [4.69, 9.17) is 10.8 Å². The lowest BCUT2D eigenvalue weighted by atomic mass is 10.1. The van der Waals surface area contributed by atoms with Gasteiger partial charge in [-0.05, 0) is 32.9 Å². The zero-order valence-electron chi connectivity index (χ0n) is 12.0. The fourth-order valence-electron chi connectivity index (χ4n) is 1.80. The molecule has 0 aliphatic heterocycles. The molecule has 0 heterocycles. The Morgan fingerprint density at radius 2 is 1.85 bits per heavy atom. The van der Waals surface area contributed by atoms with Crippen molar-refractivity contribution < 1.29 is 14.7 Å². The maximum atomic E-state index is 11.9. The van der Waals surface area contributed by atoms with Crippen LogP contribution in [0.15, 0.2) is 24.3 Å². The predicted molar refractivity (Wildman–Crippen MR) is 78.6 cm³/mol. The highest BCUT2D eigenvalue weighted by Crippen LogP contribution is 2.22. The summed E-state index contributed by atoms with van der Waals surface area (Å²) in [6.07, 6.45) is 0. The van der Waals surface area contributed by atoms with Crippen molar-refractivity contribution in [2.45, 2.75) is 26.3 Å². The second kappa shape index (κ2) is 6.27. The van der Waals surface area contributed by atoms with Crippen LogP contribution >= 0.6 is 0 Å². The van der Waals surface area contributed by atoms with Gasteiger partial charge in [0.05, 0.1) is 17.9 Å². The molecule has 0 bridgehead atoms. The van der Waals surface area contributed by atoms with Crippen molar-refractivity contribution in [1.29, 1.82) is 0 Å². The average Bonchev–Trinajstić information content (AvgIpc) is 2.25. The summed E-state index contributed by atoms with van der Waals surface area (Å²) < 4.78 is 0. The van der Waals surface area contributed by atoms with Crippen LogP contribution < -0.4 is 16.0 Å². The summed E-state index contributed by atoms with van der Waals surface area (Å²) in [5.74, 6) is -1.26. The Morgan fingerprint density at radius 1 is 1.25 bits per heavy atom. The fraction of sp³-hybridized carbons (Fsp3) is 0.429. The second-order valence-corrected chi connectivity index (χ2v) is 5.61. The average molecular weight is 279 g/mol. The van der Waals surface area contributed by atoms with E-state index in [2.05, 4.69) is 5.32 Å². The second-order valence-electron chi connectivity index (χ2n) is 5.61. The van der Waals surface area contributed by atoms with Gasteiger partial charge in [-0.25, -0.2) is 0 Å². The number of amides is 1. The zero-order valence-corrected chi connectivity index (χ0v) is 12.0. The third-order valence-corrected chi connectivity index (χ3v) is 2.45. The molecule has 1 amide bonds. The molecule has 1 rings (SSSR count). The van der Waals surface area contributed by atoms with Gasteiger partial charge in [0, 0.05) is 5.54 Å². The van der Waals surface area contributed by atoms with Crippen molar-refractivity contribution in [3.05, 3.63) is 24.3 Å². The molecule has 4 N–H and O–H groups in total. The van der Waals surface area contributed by atoms with E-state index in [-0.39, 0.29) is 24.5 Å². The lowest BCUT2D eigenvalue weighted by Crippen LogP contribution is -2.47. The molecule has 0 unspecified atom stereocenters. The molecular weight excluding hydrogens is 258 g/mol. The maximum absolute atomic E-state index is 11.9. The number of rotatable bonds is 5. The van der Waals surface area contributed by atoms with Crippen LogP contribution in [0.5, 0.6) is 0 Å². The third kappa shape index (κ3) is 5.17. The minimum Gasteiger partial charge on any atom is -0.480 e. The quantitative estimate of drug-likeness (QED) is 0.701. The number of carboxylic acids is 1. The standard InChI is InChI=1S/C14H21N3O3/c1-14(2,3)16-12(18)8-17(9-13(19)20)11-7-5-4-6-10(11)15/h4-7H,8-9,15H2,1-3H3,(H,16,18)(H,19,20). The van der Waals surface area contributed by atoms with Crippen molar-refractivity contribution in [1.82, 2.24) is 5.32 Å². The minimum atomic E-state index is -1.02. The SMILES string of the molecule is CC(C)(C)NC(=O)CN(CC(=O)O)c1ccccc1N. The Hall–Kier alpha value is -2.24. The topological polar surface area (TPSA) is 95.7 Å². The van der Waals surface area contributed by atoms with Crippen LogP contribution in [0.1, 0.15) is 20.8 Å². The van der Waals surface area contributed by atoms with Gasteiger partial charge in [-0.3, -0.25) is 9.59 Å². The number of nitrogens with one attached hydrogen (secondary N) is 1. The molecule has 0 fully saturated rings. The van der Waals surface area contributed by atoms with Crippen LogP contribution in [0, 0.1) is 0 Å². The van der Waals surface area contributed by atoms with Gasteiger partial charge >= 0.3 is 5.97 Å². The van der Waals surface area contributed by atoms with Gasteiger partial charge in [0.25, 0.3) is 0 Å². The maximum Gasteiger partial charge on any atom is 0.323 e. The number of hydrogen-bond donors (Lipinski definition) is 3. The van der Waals surface area contributed by atoms with Gasteiger partial charge in [0.2, 0.25) is 5.91 Å². The summed E-state index contributed by atoms with van der Waals surface area (Å²) in [5, 5.41) is 11.8. The number of nitrogen functional groups attached to an aromatic ring is 1. The van der Waals surface area contributed by atoms with Crippen LogP contribution in [-0.4, -0.2) is 35.6 Å². The first-order valence-electron chi connectivity index (χ1n) is 6.31. The number of carbonyl (C=O) groups is 2. The lowest BCUT2D eigenvalue weighted by molar-refractivity contribution is -0.135. The van der Waals surface area contributed by atoms with Crippen LogP contribution in [0.2, 0.25) is 0 Å². The van der Waals surface area contributed by atoms with Crippen molar-refractivity contribution in [3.8, 4) is 0 Å². The molecule has 110 valence electrons. The first-order valence-corrected chi connectivity index (χ1v) is 6.31. The molecule has 0 saturated heterocycles. The van der Waals surface area contributed by atoms with Crippen molar-refractivity contribution in [3.63, 3.8) is 0 Å². The molecular formula is C14H21N3O3. The molecule has 6 heteroatoms. The van der Waals surface area contributed by atoms with E-state index in [0.29, 0.717) is 11.4 Å². The summed E-state index contributed by atoms with van der Waals surface area (Å²) in [6, 6.07) is 6.88. The number of anilines is 2. The smallest absolute Gasteiger partial charge is 0.323 e. The Morgan fingerprint density at radius 3 is 2.35 bits per heavy atom. The molecule has 0 radical (unpaired) electrons. The number of nitrogens with two attached hydrogens (primary N) is 1. The highest BCUT2D eigenvalue weighted by atomic mass is 16.4. The van der Waals surface area contributed by atoms with Crippen LogP contribution in [0.25, 0.3) is 0 Å². The third-order valence-electron chi connectivity index (χ3n) is 2.45. The van der Waals surface area contributed by atoms with Crippen molar-refractivity contribution >= 4 is 23.3 Å². The van der Waals surface area contributed by atoms with Gasteiger partial charge in [-0.1, -0.05) is 12.1 Å². The first kappa shape index (κ1) is 15.8. The predicted octanol–water partition coefficient (Wildman–Crippen LogP) is 1.07. The number of para-hydroxylation sites is 2. The van der Waals surface area contributed by atoms with Crippen molar-refractivity contribution in [2.75, 3.05) is 23.7 Å². The molecule has 1 aromatic rings. The van der Waals surface area contributed by atoms with Gasteiger partial charge in [-0.2, -0.15) is 0 Å². The number of nitrogens with zero attached hydrogens (tertiary/aromatic N) is 1. The highest BCUT2D eigenvalue weighted by molar-refractivity contribution is 5.86. The number of hydrogen-bond acceptors (Lipinski definition) is 4. The van der Waals surface area contributed by atoms with Crippen LogP contribution in [0.3, 0.4) is 0 Å². The molecule has 0 saturated carbocycles. The fourth-order valence-corrected chi connectivity index (χ4v) is 1.80. The number of benzene rings is 1. The molecule has 0 aromatic heterocycles. The van der Waals surface area contributed by atoms with E-state index in [1.807, 2.05) is 20.8 Å². The van der Waals surface area contributed by atoms with E-state index >= 15 is 0 Å². The van der Waals surface area contributed by atoms with E-state index in [1.165, 1.54) is 4.90 Å². The van der Waals surface area contributed by atoms with Gasteiger partial charge < -0.3 is 21.1 Å². The number of aliphatic carboxylic acids is 1. The Kier molecular flexibility index (Phi) is 4.96. The molecule has 0 atom stereocenters. The van der Waals surface area contributed by atoms with Crippen LogP contribution in [0.4, 0.5) is 11.4 Å². The van der Waals surface area contributed by atoms with E-state index in [0.717, 1.165) is 0 Å². The highest BCUT2D eigenvalue weighted by Gasteiger charge is 2.19. The largest absolute Gasteiger partial charge is 0.480 e. The van der Waals surface area contributed by atoms with Crippen molar-refractivity contribution in [2.24, 2.45) is 0 Å². The lowest BCUT2D eigenvalue weighted by Gasteiger charge is -2.26. The molecule has 0 spiro atoms. The van der Waals surface area contributed by atoms with E-state index < -0.39 is 5.97 Å². The molecule has 6 nitrogen and oxygen atoms in total. The number of carbonyl (C=O) groups excluding carboxylic acids is 1.